The van der Waals surface area contributed by atoms with Crippen molar-refractivity contribution in [3.05, 3.63) is 41.7 Å². The van der Waals surface area contributed by atoms with Crippen LogP contribution in [0.5, 0.6) is 0 Å². The van der Waals surface area contributed by atoms with E-state index in [1.165, 1.54) is 5.56 Å². The first-order valence-corrected chi connectivity index (χ1v) is 4.83. The van der Waals surface area contributed by atoms with Crippen molar-refractivity contribution < 1.29 is 0 Å². The molecule has 1 aromatic carbocycles. The number of rotatable bonds is 4. The van der Waals surface area contributed by atoms with Gasteiger partial charge in [-0.1, -0.05) is 30.3 Å². The molecule has 0 bridgehead atoms. The predicted octanol–water partition coefficient (Wildman–Crippen LogP) is 0.441. The minimum Gasteiger partial charge on any atom is -0.313 e. The van der Waals surface area contributed by atoms with E-state index in [1.807, 2.05) is 25.2 Å². The van der Waals surface area contributed by atoms with Crippen molar-refractivity contribution in [2.75, 3.05) is 7.05 Å². The van der Waals surface area contributed by atoms with Crippen LogP contribution in [0.15, 0.2) is 30.3 Å². The molecule has 0 radical (unpaired) electrons. The zero-order valence-corrected chi connectivity index (χ0v) is 8.59. The van der Waals surface area contributed by atoms with E-state index in [1.54, 1.807) is 4.68 Å². The lowest BCUT2D eigenvalue weighted by Gasteiger charge is -2.03. The molecule has 78 valence electrons. The van der Waals surface area contributed by atoms with Crippen LogP contribution in [0.4, 0.5) is 0 Å². The van der Waals surface area contributed by atoms with Gasteiger partial charge in [-0.15, -0.1) is 5.10 Å². The van der Waals surface area contributed by atoms with E-state index < -0.39 is 0 Å². The fourth-order valence-corrected chi connectivity index (χ4v) is 1.39. The maximum Gasteiger partial charge on any atom is 0.165 e. The van der Waals surface area contributed by atoms with E-state index >= 15 is 0 Å². The summed E-state index contributed by atoms with van der Waals surface area (Å²) in [6, 6.07) is 10.1. The van der Waals surface area contributed by atoms with Crippen LogP contribution in [0.3, 0.4) is 0 Å². The SMILES string of the molecule is CNCc1nnnn1Cc1ccccc1. The molecule has 0 saturated heterocycles. The van der Waals surface area contributed by atoms with Gasteiger partial charge in [0.25, 0.3) is 0 Å². The Bertz CT molecular complexity index is 409. The lowest BCUT2D eigenvalue weighted by atomic mass is 10.2. The number of aromatic nitrogens is 4. The van der Waals surface area contributed by atoms with Crippen LogP contribution in [0.2, 0.25) is 0 Å². The largest absolute Gasteiger partial charge is 0.313 e. The number of benzene rings is 1. The Morgan fingerprint density at radius 3 is 2.80 bits per heavy atom. The second-order valence-electron chi connectivity index (χ2n) is 3.27. The minimum atomic E-state index is 0.680. The molecule has 0 aliphatic rings. The second kappa shape index (κ2) is 4.65. The van der Waals surface area contributed by atoms with Crippen LogP contribution in [-0.2, 0) is 13.1 Å². The third-order valence-electron chi connectivity index (χ3n) is 2.12. The highest BCUT2D eigenvalue weighted by Crippen LogP contribution is 2.02. The molecule has 0 aliphatic carbocycles. The van der Waals surface area contributed by atoms with Crippen molar-refractivity contribution >= 4 is 0 Å². The standard InChI is InChI=1S/C10H13N5/c1-11-7-10-12-13-14-15(10)8-9-5-3-2-4-6-9/h2-6,11H,7-8H2,1H3. The van der Waals surface area contributed by atoms with Crippen molar-refractivity contribution in [1.82, 2.24) is 25.5 Å². The number of hydrogen-bond acceptors (Lipinski definition) is 4. The van der Waals surface area contributed by atoms with Crippen LogP contribution in [0.1, 0.15) is 11.4 Å². The fraction of sp³-hybridized carbons (Fsp3) is 0.300. The normalized spacial score (nSPS) is 10.5. The van der Waals surface area contributed by atoms with Gasteiger partial charge in [0.1, 0.15) is 0 Å². The van der Waals surface area contributed by atoms with Crippen LogP contribution < -0.4 is 5.32 Å². The highest BCUT2D eigenvalue weighted by atomic mass is 15.5. The molecule has 0 amide bonds. The van der Waals surface area contributed by atoms with Gasteiger partial charge in [0.05, 0.1) is 13.1 Å². The van der Waals surface area contributed by atoms with Gasteiger partial charge in [0, 0.05) is 0 Å². The number of hydrogen-bond donors (Lipinski definition) is 1. The average Bonchev–Trinajstić information content (AvgIpc) is 2.68. The van der Waals surface area contributed by atoms with Gasteiger partial charge in [-0.25, -0.2) is 4.68 Å². The Kier molecular flexibility index (Phi) is 3.04. The molecule has 0 unspecified atom stereocenters. The molecule has 5 nitrogen and oxygen atoms in total. The van der Waals surface area contributed by atoms with E-state index in [0.29, 0.717) is 13.1 Å². The number of nitrogens with one attached hydrogen (secondary N) is 1. The fourth-order valence-electron chi connectivity index (χ4n) is 1.39. The summed E-state index contributed by atoms with van der Waals surface area (Å²) in [6.45, 7) is 1.39. The molecule has 0 saturated carbocycles. The molecule has 0 atom stereocenters. The van der Waals surface area contributed by atoms with Crippen LogP contribution in [-0.4, -0.2) is 27.3 Å². The van der Waals surface area contributed by atoms with Crippen molar-refractivity contribution in [3.63, 3.8) is 0 Å². The van der Waals surface area contributed by atoms with Gasteiger partial charge in [-0.3, -0.25) is 0 Å². The summed E-state index contributed by atoms with van der Waals surface area (Å²) >= 11 is 0. The summed E-state index contributed by atoms with van der Waals surface area (Å²) in [5.74, 6) is 0.848. The number of tetrazole rings is 1. The lowest BCUT2D eigenvalue weighted by molar-refractivity contribution is 0.601. The monoisotopic (exact) mass is 203 g/mol. The highest BCUT2D eigenvalue weighted by Gasteiger charge is 2.04. The van der Waals surface area contributed by atoms with Gasteiger partial charge >= 0.3 is 0 Å². The molecule has 2 rings (SSSR count). The molecular weight excluding hydrogens is 190 g/mol. The van der Waals surface area contributed by atoms with Crippen molar-refractivity contribution in [3.8, 4) is 0 Å². The molecular formula is C10H13N5. The highest BCUT2D eigenvalue weighted by molar-refractivity contribution is 5.14. The third-order valence-corrected chi connectivity index (χ3v) is 2.12. The zero-order chi connectivity index (χ0) is 10.5. The van der Waals surface area contributed by atoms with Crippen LogP contribution >= 0.6 is 0 Å². The summed E-state index contributed by atoms with van der Waals surface area (Å²) in [6.07, 6.45) is 0. The van der Waals surface area contributed by atoms with Gasteiger partial charge in [-0.2, -0.15) is 0 Å². The summed E-state index contributed by atoms with van der Waals surface area (Å²) in [7, 11) is 1.88. The summed E-state index contributed by atoms with van der Waals surface area (Å²) in [5, 5.41) is 14.6. The van der Waals surface area contributed by atoms with Crippen molar-refractivity contribution in [2.45, 2.75) is 13.1 Å². The lowest BCUT2D eigenvalue weighted by Crippen LogP contribution is -2.13. The number of nitrogens with zero attached hydrogens (tertiary/aromatic N) is 4. The van der Waals surface area contributed by atoms with Crippen molar-refractivity contribution in [2.24, 2.45) is 0 Å². The maximum absolute atomic E-state index is 3.95. The van der Waals surface area contributed by atoms with E-state index in [4.69, 9.17) is 0 Å². The second-order valence-corrected chi connectivity index (χ2v) is 3.27. The van der Waals surface area contributed by atoms with E-state index in [2.05, 4.69) is 33.0 Å². The third kappa shape index (κ3) is 2.38. The van der Waals surface area contributed by atoms with Crippen LogP contribution in [0.25, 0.3) is 0 Å². The molecule has 0 spiro atoms. The molecule has 0 aliphatic heterocycles. The summed E-state index contributed by atoms with van der Waals surface area (Å²) < 4.78 is 1.80. The first kappa shape index (κ1) is 9.79. The smallest absolute Gasteiger partial charge is 0.165 e. The van der Waals surface area contributed by atoms with Gasteiger partial charge in [0.15, 0.2) is 5.82 Å². The maximum atomic E-state index is 3.95. The Morgan fingerprint density at radius 2 is 2.07 bits per heavy atom. The van der Waals surface area contributed by atoms with E-state index in [0.717, 1.165) is 5.82 Å². The summed E-state index contributed by atoms with van der Waals surface area (Å²) in [5.41, 5.74) is 1.20. The van der Waals surface area contributed by atoms with E-state index in [-0.39, 0.29) is 0 Å². The Labute approximate surface area is 88.1 Å². The molecule has 2 aromatic rings. The topological polar surface area (TPSA) is 55.6 Å². The van der Waals surface area contributed by atoms with Gasteiger partial charge < -0.3 is 5.32 Å². The first-order valence-electron chi connectivity index (χ1n) is 4.83. The molecule has 1 aromatic heterocycles. The van der Waals surface area contributed by atoms with Crippen LogP contribution in [0, 0.1) is 0 Å². The molecule has 1 N–H and O–H groups in total. The van der Waals surface area contributed by atoms with Crippen molar-refractivity contribution in [1.29, 1.82) is 0 Å². The molecule has 1 heterocycles. The van der Waals surface area contributed by atoms with E-state index in [9.17, 15) is 0 Å². The minimum absolute atomic E-state index is 0.680. The average molecular weight is 203 g/mol. The predicted molar refractivity (Wildman–Crippen MR) is 56.1 cm³/mol. The molecule has 5 heteroatoms. The Hall–Kier alpha value is -1.75. The zero-order valence-electron chi connectivity index (χ0n) is 8.59. The molecule has 15 heavy (non-hydrogen) atoms. The molecule has 0 fully saturated rings. The van der Waals surface area contributed by atoms with Gasteiger partial charge in [0.2, 0.25) is 0 Å². The Balaban J connectivity index is 2.14. The summed E-state index contributed by atoms with van der Waals surface area (Å²) in [4.78, 5) is 0. The quantitative estimate of drug-likeness (QED) is 0.783. The Morgan fingerprint density at radius 1 is 1.27 bits per heavy atom. The van der Waals surface area contributed by atoms with Gasteiger partial charge in [-0.05, 0) is 23.0 Å². The first-order chi connectivity index (χ1) is 7.40.